The van der Waals surface area contributed by atoms with Gasteiger partial charge in [0.2, 0.25) is 0 Å². The molecule has 2 heterocycles. The van der Waals surface area contributed by atoms with E-state index in [1.54, 1.807) is 30.5 Å². The standard InChI is InChI=1S/C16H16Cl2N4O2/c1-3-22-9(2)11(8-19-22)14-7-15(24-21-14)16(23)20-10-4-5-12(17)13(18)6-10/h4-8,15,21H,3H2,1-2H3,(H,20,23)/t15-/m0/s1. The van der Waals surface area contributed by atoms with Crippen LogP contribution in [-0.2, 0) is 16.2 Å². The van der Waals surface area contributed by atoms with Crippen molar-refractivity contribution in [1.29, 1.82) is 0 Å². The second kappa shape index (κ2) is 6.84. The molecule has 0 radical (unpaired) electrons. The van der Waals surface area contributed by atoms with Crippen LogP contribution in [-0.4, -0.2) is 21.8 Å². The number of amides is 1. The number of hydroxylamine groups is 1. The molecule has 0 fully saturated rings. The van der Waals surface area contributed by atoms with Crippen LogP contribution in [0.1, 0.15) is 18.2 Å². The van der Waals surface area contributed by atoms with Crippen LogP contribution in [0.5, 0.6) is 0 Å². The Morgan fingerprint density at radius 1 is 1.42 bits per heavy atom. The van der Waals surface area contributed by atoms with Crippen molar-refractivity contribution in [3.63, 3.8) is 0 Å². The highest BCUT2D eigenvalue weighted by molar-refractivity contribution is 6.42. The molecule has 8 heteroatoms. The second-order valence-corrected chi connectivity index (χ2v) is 6.11. The van der Waals surface area contributed by atoms with Gasteiger partial charge in [-0.05, 0) is 38.1 Å². The van der Waals surface area contributed by atoms with Crippen molar-refractivity contribution in [3.8, 4) is 0 Å². The number of nitrogens with zero attached hydrogens (tertiary/aromatic N) is 2. The number of anilines is 1. The SMILES string of the molecule is CCn1ncc(C2=C[C@@H](C(=O)Nc3ccc(Cl)c(Cl)c3)ON2)c1C. The van der Waals surface area contributed by atoms with Gasteiger partial charge in [-0.3, -0.25) is 19.8 Å². The van der Waals surface area contributed by atoms with Crippen LogP contribution in [0.25, 0.3) is 5.70 Å². The van der Waals surface area contributed by atoms with Gasteiger partial charge in [-0.1, -0.05) is 23.2 Å². The molecule has 1 aliphatic rings. The molecule has 6 nitrogen and oxygen atoms in total. The molecule has 3 rings (SSSR count). The number of hydrogen-bond acceptors (Lipinski definition) is 4. The lowest BCUT2D eigenvalue weighted by molar-refractivity contribution is -0.125. The predicted octanol–water partition coefficient (Wildman–Crippen LogP) is 3.40. The Morgan fingerprint density at radius 3 is 2.88 bits per heavy atom. The molecule has 1 aliphatic heterocycles. The van der Waals surface area contributed by atoms with Crippen molar-refractivity contribution in [2.45, 2.75) is 26.5 Å². The Morgan fingerprint density at radius 2 is 2.21 bits per heavy atom. The van der Waals surface area contributed by atoms with E-state index in [1.807, 2.05) is 18.5 Å². The first-order valence-electron chi connectivity index (χ1n) is 7.41. The third kappa shape index (κ3) is 3.26. The fourth-order valence-corrected chi connectivity index (χ4v) is 2.74. The summed E-state index contributed by atoms with van der Waals surface area (Å²) in [5.41, 5.74) is 5.97. The van der Waals surface area contributed by atoms with Gasteiger partial charge in [-0.2, -0.15) is 5.10 Å². The van der Waals surface area contributed by atoms with E-state index < -0.39 is 6.10 Å². The Kier molecular flexibility index (Phi) is 4.80. The number of hydrogen-bond donors (Lipinski definition) is 2. The summed E-state index contributed by atoms with van der Waals surface area (Å²) in [6.07, 6.45) is 2.72. The van der Waals surface area contributed by atoms with Gasteiger partial charge in [0.25, 0.3) is 5.91 Å². The molecule has 0 unspecified atom stereocenters. The molecule has 126 valence electrons. The number of aryl methyl sites for hydroxylation is 1. The van der Waals surface area contributed by atoms with Crippen LogP contribution >= 0.6 is 23.2 Å². The van der Waals surface area contributed by atoms with Crippen LogP contribution in [0.15, 0.2) is 30.5 Å². The average Bonchev–Trinajstić information content (AvgIpc) is 3.17. The summed E-state index contributed by atoms with van der Waals surface area (Å²) >= 11 is 11.8. The molecular formula is C16H16Cl2N4O2. The molecule has 24 heavy (non-hydrogen) atoms. The number of carbonyl (C=O) groups is 1. The van der Waals surface area contributed by atoms with E-state index in [-0.39, 0.29) is 5.91 Å². The van der Waals surface area contributed by atoms with Gasteiger partial charge >= 0.3 is 0 Å². The van der Waals surface area contributed by atoms with E-state index >= 15 is 0 Å². The Bertz CT molecular complexity index is 816. The lowest BCUT2D eigenvalue weighted by atomic mass is 10.1. The topological polar surface area (TPSA) is 68.2 Å². The normalized spacial score (nSPS) is 16.7. The van der Waals surface area contributed by atoms with E-state index in [0.29, 0.717) is 15.7 Å². The predicted molar refractivity (Wildman–Crippen MR) is 93.7 cm³/mol. The van der Waals surface area contributed by atoms with Crippen LogP contribution in [0.4, 0.5) is 5.69 Å². The highest BCUT2D eigenvalue weighted by atomic mass is 35.5. The van der Waals surface area contributed by atoms with E-state index in [1.165, 1.54) is 0 Å². The van der Waals surface area contributed by atoms with Gasteiger partial charge in [-0.25, -0.2) is 0 Å². The number of nitrogens with one attached hydrogen (secondary N) is 2. The molecular weight excluding hydrogens is 351 g/mol. The maximum absolute atomic E-state index is 12.3. The molecule has 1 atom stereocenters. The minimum atomic E-state index is -0.751. The summed E-state index contributed by atoms with van der Waals surface area (Å²) in [6, 6.07) is 4.88. The van der Waals surface area contributed by atoms with Crippen LogP contribution in [0, 0.1) is 6.92 Å². The van der Waals surface area contributed by atoms with Crippen molar-refractivity contribution >= 4 is 40.5 Å². The molecule has 0 saturated heterocycles. The number of halogens is 2. The van der Waals surface area contributed by atoms with Crippen molar-refractivity contribution < 1.29 is 9.63 Å². The van der Waals surface area contributed by atoms with Gasteiger partial charge < -0.3 is 5.32 Å². The quantitative estimate of drug-likeness (QED) is 0.869. The average molecular weight is 367 g/mol. The number of carbonyl (C=O) groups excluding carboxylic acids is 1. The van der Waals surface area contributed by atoms with Crippen molar-refractivity contribution in [3.05, 3.63) is 51.8 Å². The molecule has 2 N–H and O–H groups in total. The number of rotatable bonds is 4. The lowest BCUT2D eigenvalue weighted by Gasteiger charge is -2.09. The van der Waals surface area contributed by atoms with E-state index in [4.69, 9.17) is 28.0 Å². The van der Waals surface area contributed by atoms with E-state index in [9.17, 15) is 4.79 Å². The van der Waals surface area contributed by atoms with Gasteiger partial charge in [0.15, 0.2) is 6.10 Å². The maximum atomic E-state index is 12.3. The van der Waals surface area contributed by atoms with E-state index in [2.05, 4.69) is 15.9 Å². The van der Waals surface area contributed by atoms with Crippen molar-refractivity contribution in [2.24, 2.45) is 0 Å². The fraction of sp³-hybridized carbons (Fsp3) is 0.250. The van der Waals surface area contributed by atoms with Gasteiger partial charge in [-0.15, -0.1) is 0 Å². The first-order valence-corrected chi connectivity index (χ1v) is 8.17. The Labute approximate surface area is 149 Å². The summed E-state index contributed by atoms with van der Waals surface area (Å²) in [4.78, 5) is 17.7. The maximum Gasteiger partial charge on any atom is 0.260 e. The minimum Gasteiger partial charge on any atom is -0.323 e. The summed E-state index contributed by atoms with van der Waals surface area (Å²) in [5.74, 6) is -0.309. The highest BCUT2D eigenvalue weighted by Gasteiger charge is 2.26. The van der Waals surface area contributed by atoms with Gasteiger partial charge in [0.05, 0.1) is 21.9 Å². The summed E-state index contributed by atoms with van der Waals surface area (Å²) in [6.45, 7) is 4.77. The summed E-state index contributed by atoms with van der Waals surface area (Å²) < 4.78 is 1.88. The largest absolute Gasteiger partial charge is 0.323 e. The molecule has 1 aromatic heterocycles. The third-order valence-corrected chi connectivity index (χ3v) is 4.49. The number of benzene rings is 1. The zero-order valence-electron chi connectivity index (χ0n) is 13.1. The molecule has 0 aliphatic carbocycles. The smallest absolute Gasteiger partial charge is 0.260 e. The fourth-order valence-electron chi connectivity index (χ4n) is 2.44. The zero-order valence-corrected chi connectivity index (χ0v) is 14.6. The zero-order chi connectivity index (χ0) is 17.3. The minimum absolute atomic E-state index is 0.309. The second-order valence-electron chi connectivity index (χ2n) is 5.30. The lowest BCUT2D eigenvalue weighted by Crippen LogP contribution is -2.28. The van der Waals surface area contributed by atoms with Crippen molar-refractivity contribution in [1.82, 2.24) is 15.3 Å². The molecule has 0 spiro atoms. The Balaban J connectivity index is 1.73. The van der Waals surface area contributed by atoms with Crippen LogP contribution < -0.4 is 10.8 Å². The third-order valence-electron chi connectivity index (χ3n) is 3.75. The molecule has 1 aromatic carbocycles. The first kappa shape index (κ1) is 16.8. The van der Waals surface area contributed by atoms with Crippen LogP contribution in [0.2, 0.25) is 10.0 Å². The molecule has 2 aromatic rings. The van der Waals surface area contributed by atoms with Crippen LogP contribution in [0.3, 0.4) is 0 Å². The summed E-state index contributed by atoms with van der Waals surface area (Å²) in [7, 11) is 0. The number of aromatic nitrogens is 2. The van der Waals surface area contributed by atoms with Crippen molar-refractivity contribution in [2.75, 3.05) is 5.32 Å². The molecule has 0 saturated carbocycles. The molecule has 0 bridgehead atoms. The first-order chi connectivity index (χ1) is 11.5. The van der Waals surface area contributed by atoms with E-state index in [0.717, 1.165) is 23.5 Å². The Hall–Kier alpha value is -2.02. The molecule has 1 amide bonds. The van der Waals surface area contributed by atoms with Gasteiger partial charge in [0.1, 0.15) is 0 Å². The highest BCUT2D eigenvalue weighted by Crippen LogP contribution is 2.26. The monoisotopic (exact) mass is 366 g/mol. The summed E-state index contributed by atoms with van der Waals surface area (Å²) in [5, 5.41) is 7.83. The van der Waals surface area contributed by atoms with Gasteiger partial charge in [0, 0.05) is 23.5 Å².